The van der Waals surface area contributed by atoms with E-state index in [1.54, 1.807) is 24.5 Å². The first-order chi connectivity index (χ1) is 8.19. The van der Waals surface area contributed by atoms with Gasteiger partial charge in [-0.1, -0.05) is 36.9 Å². The Kier molecular flexibility index (Phi) is 4.94. The van der Waals surface area contributed by atoms with Crippen LogP contribution in [-0.4, -0.2) is 29.4 Å². The average molecular weight is 232 g/mol. The number of benzene rings is 1. The van der Waals surface area contributed by atoms with E-state index < -0.39 is 5.97 Å². The van der Waals surface area contributed by atoms with Crippen LogP contribution in [0.25, 0.3) is 0 Å². The van der Waals surface area contributed by atoms with Crippen LogP contribution in [0.15, 0.2) is 48.1 Å². The number of aliphatic imine (C=N–C) groups is 1. The summed E-state index contributed by atoms with van der Waals surface area (Å²) in [4.78, 5) is 16.5. The SMILES string of the molecule is C=CN(C=NC)C(CC(=O)O)c1ccccc1. The molecule has 0 saturated carbocycles. The highest BCUT2D eigenvalue weighted by Crippen LogP contribution is 2.23. The number of rotatable bonds is 6. The zero-order valence-electron chi connectivity index (χ0n) is 9.78. The molecule has 90 valence electrons. The molecule has 1 aromatic carbocycles. The summed E-state index contributed by atoms with van der Waals surface area (Å²) in [6.45, 7) is 3.68. The predicted octanol–water partition coefficient (Wildman–Crippen LogP) is 2.31. The lowest BCUT2D eigenvalue weighted by molar-refractivity contribution is -0.138. The maximum absolute atomic E-state index is 10.9. The minimum absolute atomic E-state index is 0.00204. The number of hydrogen-bond acceptors (Lipinski definition) is 2. The van der Waals surface area contributed by atoms with Crippen LogP contribution in [0.5, 0.6) is 0 Å². The number of hydrogen-bond donors (Lipinski definition) is 1. The monoisotopic (exact) mass is 232 g/mol. The summed E-state index contributed by atoms with van der Waals surface area (Å²) < 4.78 is 0. The molecule has 1 atom stereocenters. The fourth-order valence-corrected chi connectivity index (χ4v) is 1.62. The number of nitrogens with zero attached hydrogens (tertiary/aromatic N) is 2. The molecule has 17 heavy (non-hydrogen) atoms. The molecule has 1 N–H and O–H groups in total. The summed E-state index contributed by atoms with van der Waals surface area (Å²) in [5.74, 6) is -0.852. The molecule has 0 aliphatic carbocycles. The van der Waals surface area contributed by atoms with Gasteiger partial charge in [0.15, 0.2) is 0 Å². The summed E-state index contributed by atoms with van der Waals surface area (Å²) in [6, 6.07) is 9.17. The lowest BCUT2D eigenvalue weighted by atomic mass is 10.0. The van der Waals surface area contributed by atoms with Gasteiger partial charge in [-0.3, -0.25) is 9.79 Å². The standard InChI is InChI=1S/C13H16N2O2/c1-3-15(10-14-2)12(9-13(16)17)11-7-5-4-6-8-11/h3-8,10,12H,1,9H2,2H3,(H,16,17). The van der Waals surface area contributed by atoms with Gasteiger partial charge < -0.3 is 10.0 Å². The number of carbonyl (C=O) groups is 1. The van der Waals surface area contributed by atoms with E-state index in [1.165, 1.54) is 0 Å². The van der Waals surface area contributed by atoms with E-state index in [0.29, 0.717) is 0 Å². The van der Waals surface area contributed by atoms with Gasteiger partial charge in [0.05, 0.1) is 18.8 Å². The van der Waals surface area contributed by atoms with E-state index in [0.717, 1.165) is 5.56 Å². The van der Waals surface area contributed by atoms with Crippen LogP contribution in [0.3, 0.4) is 0 Å². The number of carboxylic acid groups (broad SMARTS) is 1. The Morgan fingerprint density at radius 3 is 2.65 bits per heavy atom. The van der Waals surface area contributed by atoms with Crippen molar-refractivity contribution in [3.63, 3.8) is 0 Å². The third-order valence-corrected chi connectivity index (χ3v) is 2.37. The van der Waals surface area contributed by atoms with Crippen molar-refractivity contribution in [3.05, 3.63) is 48.7 Å². The first-order valence-corrected chi connectivity index (χ1v) is 5.28. The molecular weight excluding hydrogens is 216 g/mol. The van der Waals surface area contributed by atoms with Crippen LogP contribution >= 0.6 is 0 Å². The summed E-state index contributed by atoms with van der Waals surface area (Å²) >= 11 is 0. The molecule has 4 nitrogen and oxygen atoms in total. The first kappa shape index (κ1) is 13.0. The molecule has 1 unspecified atom stereocenters. The largest absolute Gasteiger partial charge is 0.481 e. The van der Waals surface area contributed by atoms with Gasteiger partial charge in [0.1, 0.15) is 0 Å². The van der Waals surface area contributed by atoms with Gasteiger partial charge in [0, 0.05) is 7.05 Å². The van der Waals surface area contributed by atoms with Gasteiger partial charge in [0.25, 0.3) is 0 Å². The van der Waals surface area contributed by atoms with Crippen molar-refractivity contribution < 1.29 is 9.90 Å². The van der Waals surface area contributed by atoms with Crippen molar-refractivity contribution in [3.8, 4) is 0 Å². The van der Waals surface area contributed by atoms with Crippen molar-refractivity contribution in [1.29, 1.82) is 0 Å². The third kappa shape index (κ3) is 3.75. The highest BCUT2D eigenvalue weighted by molar-refractivity contribution is 5.69. The number of aliphatic carboxylic acids is 1. The Morgan fingerprint density at radius 1 is 1.53 bits per heavy atom. The molecule has 0 aliphatic heterocycles. The Labute approximate surface area is 101 Å². The Hall–Kier alpha value is -2.10. The van der Waals surface area contributed by atoms with Gasteiger partial charge in [0.2, 0.25) is 0 Å². The van der Waals surface area contributed by atoms with E-state index in [1.807, 2.05) is 30.3 Å². The van der Waals surface area contributed by atoms with Crippen molar-refractivity contribution in [2.75, 3.05) is 7.05 Å². The molecule has 0 bridgehead atoms. The topological polar surface area (TPSA) is 52.9 Å². The fourth-order valence-electron chi connectivity index (χ4n) is 1.62. The van der Waals surface area contributed by atoms with Crippen molar-refractivity contribution in [1.82, 2.24) is 4.90 Å². The lowest BCUT2D eigenvalue weighted by Gasteiger charge is -2.25. The molecular formula is C13H16N2O2. The molecule has 0 saturated heterocycles. The average Bonchev–Trinajstić information content (AvgIpc) is 2.34. The van der Waals surface area contributed by atoms with Crippen molar-refractivity contribution in [2.24, 2.45) is 4.99 Å². The van der Waals surface area contributed by atoms with Crippen LogP contribution in [0.1, 0.15) is 18.0 Å². The van der Waals surface area contributed by atoms with Gasteiger partial charge in [-0.05, 0) is 11.8 Å². The summed E-state index contributed by atoms with van der Waals surface area (Å²) in [5.41, 5.74) is 0.926. The minimum Gasteiger partial charge on any atom is -0.481 e. The van der Waals surface area contributed by atoms with E-state index in [2.05, 4.69) is 11.6 Å². The Morgan fingerprint density at radius 2 is 2.18 bits per heavy atom. The van der Waals surface area contributed by atoms with E-state index >= 15 is 0 Å². The highest BCUT2D eigenvalue weighted by Gasteiger charge is 2.19. The Bertz CT molecular complexity index is 401. The van der Waals surface area contributed by atoms with Crippen LogP contribution in [0.2, 0.25) is 0 Å². The van der Waals surface area contributed by atoms with Crippen LogP contribution < -0.4 is 0 Å². The maximum atomic E-state index is 10.9. The quantitative estimate of drug-likeness (QED) is 0.605. The van der Waals surface area contributed by atoms with Gasteiger partial charge in [-0.2, -0.15) is 0 Å². The van der Waals surface area contributed by atoms with E-state index in [-0.39, 0.29) is 12.5 Å². The highest BCUT2D eigenvalue weighted by atomic mass is 16.4. The molecule has 0 fully saturated rings. The molecule has 0 spiro atoms. The second-order valence-electron chi connectivity index (χ2n) is 3.53. The van der Waals surface area contributed by atoms with Gasteiger partial charge >= 0.3 is 5.97 Å². The second kappa shape index (κ2) is 6.48. The van der Waals surface area contributed by atoms with Gasteiger partial charge in [-0.25, -0.2) is 0 Å². The summed E-state index contributed by atoms with van der Waals surface area (Å²) in [7, 11) is 1.64. The summed E-state index contributed by atoms with van der Waals surface area (Å²) in [6.07, 6.45) is 3.16. The van der Waals surface area contributed by atoms with Crippen LogP contribution in [0, 0.1) is 0 Å². The zero-order valence-corrected chi connectivity index (χ0v) is 9.78. The molecule has 4 heteroatoms. The van der Waals surface area contributed by atoms with Crippen molar-refractivity contribution >= 4 is 12.3 Å². The summed E-state index contributed by atoms with van der Waals surface area (Å²) in [5, 5.41) is 8.95. The molecule has 0 amide bonds. The minimum atomic E-state index is -0.852. The van der Waals surface area contributed by atoms with E-state index in [9.17, 15) is 4.79 Å². The third-order valence-electron chi connectivity index (χ3n) is 2.37. The zero-order chi connectivity index (χ0) is 12.7. The first-order valence-electron chi connectivity index (χ1n) is 5.28. The molecule has 0 aromatic heterocycles. The molecule has 1 rings (SSSR count). The smallest absolute Gasteiger partial charge is 0.305 e. The molecule has 0 heterocycles. The lowest BCUT2D eigenvalue weighted by Crippen LogP contribution is -2.24. The van der Waals surface area contributed by atoms with Crippen molar-refractivity contribution in [2.45, 2.75) is 12.5 Å². The van der Waals surface area contributed by atoms with Crippen LogP contribution in [0.4, 0.5) is 0 Å². The molecule has 0 radical (unpaired) electrons. The predicted molar refractivity (Wildman–Crippen MR) is 67.9 cm³/mol. The maximum Gasteiger partial charge on any atom is 0.305 e. The second-order valence-corrected chi connectivity index (χ2v) is 3.53. The van der Waals surface area contributed by atoms with Gasteiger partial charge in [-0.15, -0.1) is 0 Å². The fraction of sp³-hybridized carbons (Fsp3) is 0.231. The van der Waals surface area contributed by atoms with Crippen LogP contribution in [-0.2, 0) is 4.79 Å². The number of carboxylic acids is 1. The molecule has 0 aliphatic rings. The molecule has 1 aromatic rings. The normalized spacial score (nSPS) is 12.3. The van der Waals surface area contributed by atoms with E-state index in [4.69, 9.17) is 5.11 Å². The Balaban J connectivity index is 3.02.